The van der Waals surface area contributed by atoms with Gasteiger partial charge in [-0.25, -0.2) is 0 Å². The van der Waals surface area contributed by atoms with Crippen LogP contribution >= 0.6 is 22.6 Å². The summed E-state index contributed by atoms with van der Waals surface area (Å²) in [5, 5.41) is 2.85. The number of anilines is 1. The third-order valence-electron chi connectivity index (χ3n) is 2.26. The predicted molar refractivity (Wildman–Crippen MR) is 70.6 cm³/mol. The number of hydrogen-bond acceptors (Lipinski definition) is 2. The second-order valence-corrected chi connectivity index (χ2v) is 4.58. The number of nitrogens with one attached hydrogen (secondary N) is 1. The normalized spacial score (nSPS) is 12.2. The zero-order valence-corrected chi connectivity index (χ0v) is 10.8. The summed E-state index contributed by atoms with van der Waals surface area (Å²) < 4.78 is 1.15. The van der Waals surface area contributed by atoms with Crippen molar-refractivity contribution in [3.05, 3.63) is 27.8 Å². The van der Waals surface area contributed by atoms with Crippen LogP contribution < -0.4 is 11.1 Å². The van der Waals surface area contributed by atoms with Crippen LogP contribution in [0, 0.1) is 9.49 Å². The van der Waals surface area contributed by atoms with Gasteiger partial charge in [-0.15, -0.1) is 0 Å². The van der Waals surface area contributed by atoms with Crippen LogP contribution in [-0.4, -0.2) is 12.5 Å². The minimum absolute atomic E-state index is 0.00112. The second-order valence-electron chi connectivity index (χ2n) is 3.34. The van der Waals surface area contributed by atoms with Gasteiger partial charge in [-0.3, -0.25) is 4.79 Å². The average Bonchev–Trinajstić information content (AvgIpc) is 2.23. The number of nitrogens with two attached hydrogens (primary N) is 1. The van der Waals surface area contributed by atoms with E-state index in [9.17, 15) is 4.79 Å². The third kappa shape index (κ3) is 3.79. The number of carbonyl (C=O) groups excluding carboxylic acids is 1. The standard InChI is InChI=1S/C11H15IN2O/c1-2-8(7-13)11(15)14-10-5-3-9(12)4-6-10/h3-6,8H,2,7,13H2,1H3,(H,14,15). The molecule has 0 aliphatic carbocycles. The molecule has 0 bridgehead atoms. The van der Waals surface area contributed by atoms with E-state index in [-0.39, 0.29) is 11.8 Å². The van der Waals surface area contributed by atoms with Crippen LogP contribution in [0.25, 0.3) is 0 Å². The lowest BCUT2D eigenvalue weighted by atomic mass is 10.1. The zero-order valence-electron chi connectivity index (χ0n) is 8.66. The molecule has 1 aromatic rings. The Labute approximate surface area is 104 Å². The lowest BCUT2D eigenvalue weighted by Gasteiger charge is -2.12. The molecule has 0 fully saturated rings. The van der Waals surface area contributed by atoms with Crippen molar-refractivity contribution in [1.82, 2.24) is 0 Å². The van der Waals surface area contributed by atoms with Crippen molar-refractivity contribution in [3.8, 4) is 0 Å². The fraction of sp³-hybridized carbons (Fsp3) is 0.364. The van der Waals surface area contributed by atoms with Gasteiger partial charge in [-0.2, -0.15) is 0 Å². The SMILES string of the molecule is CCC(CN)C(=O)Nc1ccc(I)cc1. The summed E-state index contributed by atoms with van der Waals surface area (Å²) in [6, 6.07) is 7.70. The van der Waals surface area contributed by atoms with Crippen molar-refractivity contribution < 1.29 is 4.79 Å². The number of halogens is 1. The van der Waals surface area contributed by atoms with Gasteiger partial charge in [0, 0.05) is 15.8 Å². The molecule has 82 valence electrons. The van der Waals surface area contributed by atoms with E-state index in [1.807, 2.05) is 31.2 Å². The van der Waals surface area contributed by atoms with Crippen LogP contribution in [0.1, 0.15) is 13.3 Å². The first-order valence-corrected chi connectivity index (χ1v) is 6.01. The maximum atomic E-state index is 11.7. The summed E-state index contributed by atoms with van der Waals surface area (Å²) in [4.78, 5) is 11.7. The molecule has 3 N–H and O–H groups in total. The molecule has 0 aliphatic rings. The van der Waals surface area contributed by atoms with Crippen LogP contribution in [0.15, 0.2) is 24.3 Å². The molecule has 0 radical (unpaired) electrons. The molecule has 0 saturated heterocycles. The lowest BCUT2D eigenvalue weighted by molar-refractivity contribution is -0.119. The summed E-state index contributed by atoms with van der Waals surface area (Å²) in [5.74, 6) is -0.0921. The summed E-state index contributed by atoms with van der Waals surface area (Å²) in [6.07, 6.45) is 0.771. The topological polar surface area (TPSA) is 55.1 Å². The van der Waals surface area contributed by atoms with E-state index in [4.69, 9.17) is 5.73 Å². The van der Waals surface area contributed by atoms with Crippen LogP contribution in [-0.2, 0) is 4.79 Å². The van der Waals surface area contributed by atoms with Crippen molar-refractivity contribution in [3.63, 3.8) is 0 Å². The van der Waals surface area contributed by atoms with Crippen molar-refractivity contribution in [2.45, 2.75) is 13.3 Å². The molecule has 0 heterocycles. The highest BCUT2D eigenvalue weighted by molar-refractivity contribution is 14.1. The number of hydrogen-bond donors (Lipinski definition) is 2. The van der Waals surface area contributed by atoms with E-state index in [0.717, 1.165) is 15.7 Å². The molecule has 15 heavy (non-hydrogen) atoms. The first-order chi connectivity index (χ1) is 7.17. The van der Waals surface area contributed by atoms with E-state index in [1.165, 1.54) is 0 Å². The van der Waals surface area contributed by atoms with Crippen molar-refractivity contribution in [1.29, 1.82) is 0 Å². The molecule has 1 unspecified atom stereocenters. The molecule has 1 rings (SSSR count). The molecular formula is C11H15IN2O. The fourth-order valence-electron chi connectivity index (χ4n) is 1.24. The number of rotatable bonds is 4. The van der Waals surface area contributed by atoms with Gasteiger partial charge in [-0.1, -0.05) is 6.92 Å². The molecule has 1 atom stereocenters. The van der Waals surface area contributed by atoms with E-state index in [1.54, 1.807) is 0 Å². The molecule has 1 aromatic carbocycles. The molecule has 4 heteroatoms. The molecule has 0 aliphatic heterocycles. The first kappa shape index (κ1) is 12.4. The second kappa shape index (κ2) is 6.07. The molecule has 0 saturated carbocycles. The maximum absolute atomic E-state index is 11.7. The predicted octanol–water partition coefficient (Wildman–Crippen LogP) is 2.21. The van der Waals surface area contributed by atoms with Crippen molar-refractivity contribution >= 4 is 34.2 Å². The Bertz CT molecular complexity index is 320. The highest BCUT2D eigenvalue weighted by Gasteiger charge is 2.13. The van der Waals surface area contributed by atoms with E-state index < -0.39 is 0 Å². The van der Waals surface area contributed by atoms with Gasteiger partial charge in [0.15, 0.2) is 0 Å². The average molecular weight is 318 g/mol. The van der Waals surface area contributed by atoms with Gasteiger partial charge in [-0.05, 0) is 53.3 Å². The van der Waals surface area contributed by atoms with Crippen molar-refractivity contribution in [2.75, 3.05) is 11.9 Å². The minimum atomic E-state index is -0.0933. The van der Waals surface area contributed by atoms with Crippen LogP contribution in [0.2, 0.25) is 0 Å². The van der Waals surface area contributed by atoms with Gasteiger partial charge in [0.1, 0.15) is 0 Å². The lowest BCUT2D eigenvalue weighted by Crippen LogP contribution is -2.28. The maximum Gasteiger partial charge on any atom is 0.228 e. The zero-order chi connectivity index (χ0) is 11.3. The van der Waals surface area contributed by atoms with Gasteiger partial charge >= 0.3 is 0 Å². The Kier molecular flexibility index (Phi) is 5.04. The van der Waals surface area contributed by atoms with Gasteiger partial charge < -0.3 is 11.1 Å². The van der Waals surface area contributed by atoms with Gasteiger partial charge in [0.2, 0.25) is 5.91 Å². The van der Waals surface area contributed by atoms with E-state index >= 15 is 0 Å². The summed E-state index contributed by atoms with van der Waals surface area (Å²) in [6.45, 7) is 2.36. The molecule has 1 amide bonds. The number of carbonyl (C=O) groups is 1. The highest BCUT2D eigenvalue weighted by Crippen LogP contribution is 2.12. The first-order valence-electron chi connectivity index (χ1n) is 4.94. The van der Waals surface area contributed by atoms with Gasteiger partial charge in [0.05, 0.1) is 5.92 Å². The fourth-order valence-corrected chi connectivity index (χ4v) is 1.60. The Morgan fingerprint density at radius 2 is 2.07 bits per heavy atom. The number of amides is 1. The monoisotopic (exact) mass is 318 g/mol. The molecule has 3 nitrogen and oxygen atoms in total. The Balaban J connectivity index is 2.61. The van der Waals surface area contributed by atoms with Crippen LogP contribution in [0.3, 0.4) is 0 Å². The highest BCUT2D eigenvalue weighted by atomic mass is 127. The summed E-state index contributed by atoms with van der Waals surface area (Å²) in [7, 11) is 0. The Hall–Kier alpha value is -0.620. The smallest absolute Gasteiger partial charge is 0.228 e. The summed E-state index contributed by atoms with van der Waals surface area (Å²) in [5.41, 5.74) is 6.33. The third-order valence-corrected chi connectivity index (χ3v) is 2.98. The quantitative estimate of drug-likeness (QED) is 0.837. The molecule has 0 aromatic heterocycles. The van der Waals surface area contributed by atoms with Crippen LogP contribution in [0.5, 0.6) is 0 Å². The molecule has 0 spiro atoms. The van der Waals surface area contributed by atoms with Gasteiger partial charge in [0.25, 0.3) is 0 Å². The minimum Gasteiger partial charge on any atom is -0.330 e. The Morgan fingerprint density at radius 3 is 2.53 bits per heavy atom. The van der Waals surface area contributed by atoms with Crippen molar-refractivity contribution in [2.24, 2.45) is 11.7 Å². The van der Waals surface area contributed by atoms with E-state index in [2.05, 4.69) is 27.9 Å². The number of benzene rings is 1. The summed E-state index contributed by atoms with van der Waals surface area (Å²) >= 11 is 2.23. The largest absolute Gasteiger partial charge is 0.330 e. The van der Waals surface area contributed by atoms with Crippen LogP contribution in [0.4, 0.5) is 5.69 Å². The van der Waals surface area contributed by atoms with E-state index in [0.29, 0.717) is 6.54 Å². The molecular weight excluding hydrogens is 303 g/mol. The Morgan fingerprint density at radius 1 is 1.47 bits per heavy atom.